The van der Waals surface area contributed by atoms with E-state index in [4.69, 9.17) is 14.2 Å². The third kappa shape index (κ3) is 4.38. The van der Waals surface area contributed by atoms with Crippen molar-refractivity contribution in [2.75, 3.05) is 13.7 Å². The van der Waals surface area contributed by atoms with Crippen LogP contribution in [-0.4, -0.2) is 25.8 Å². The predicted molar refractivity (Wildman–Crippen MR) is 88.3 cm³/mol. The number of ether oxygens (including phenoxy) is 3. The highest BCUT2D eigenvalue weighted by atomic mass is 16.6. The molecule has 22 heavy (non-hydrogen) atoms. The van der Waals surface area contributed by atoms with Crippen LogP contribution in [0.3, 0.4) is 0 Å². The molecule has 4 heteroatoms. The van der Waals surface area contributed by atoms with Crippen LogP contribution in [0.2, 0.25) is 0 Å². The lowest BCUT2D eigenvalue weighted by Gasteiger charge is -2.20. The van der Waals surface area contributed by atoms with Gasteiger partial charge in [0.05, 0.1) is 13.7 Å². The van der Waals surface area contributed by atoms with Gasteiger partial charge in [-0.15, -0.1) is 6.58 Å². The maximum Gasteiger partial charge on any atom is 0.347 e. The number of carbonyl (C=O) groups excluding carboxylic acids is 1. The lowest BCUT2D eigenvalue weighted by atomic mass is 10.0. The highest BCUT2D eigenvalue weighted by Crippen LogP contribution is 2.33. The minimum absolute atomic E-state index is 0.310. The number of esters is 1. The summed E-state index contributed by atoms with van der Waals surface area (Å²) in [5.41, 5.74) is 2.55. The molecule has 0 aliphatic rings. The second-order valence-electron chi connectivity index (χ2n) is 4.98. The average molecular weight is 304 g/mol. The molecule has 0 saturated heterocycles. The van der Waals surface area contributed by atoms with Crippen LogP contribution in [0, 0.1) is 6.92 Å². The second-order valence-corrected chi connectivity index (χ2v) is 4.98. The zero-order chi connectivity index (χ0) is 16.7. The number of methoxy groups -OCH3 is 1. The van der Waals surface area contributed by atoms with Crippen LogP contribution in [0.4, 0.5) is 0 Å². The molecule has 0 saturated carbocycles. The first-order chi connectivity index (χ1) is 10.4. The van der Waals surface area contributed by atoms with E-state index in [1.807, 2.05) is 26.0 Å². The number of hydrogen-bond donors (Lipinski definition) is 0. The molecule has 4 nitrogen and oxygen atoms in total. The minimum atomic E-state index is -0.719. The number of allylic oxidation sites excluding steroid dienone is 1. The van der Waals surface area contributed by atoms with Gasteiger partial charge in [0.1, 0.15) is 11.5 Å². The highest BCUT2D eigenvalue weighted by molar-refractivity contribution is 5.76. The van der Waals surface area contributed by atoms with Crippen LogP contribution in [0.15, 0.2) is 31.4 Å². The molecule has 0 aromatic heterocycles. The molecule has 0 amide bonds. The standard InChI is InChI=1S/C18H24O4/c1-7-9-15(18(19)21-8-2)22-17-10-13(5)16(20-6)11-14(17)12(3)4/h7,10-11,15H,1,3,8-9H2,2,4-6H3. The Morgan fingerprint density at radius 1 is 1.36 bits per heavy atom. The fraction of sp³-hybridized carbons (Fsp3) is 0.389. The fourth-order valence-electron chi connectivity index (χ4n) is 2.04. The van der Waals surface area contributed by atoms with Crippen LogP contribution >= 0.6 is 0 Å². The Bertz CT molecular complexity index is 560. The van der Waals surface area contributed by atoms with Gasteiger partial charge in [0.15, 0.2) is 6.10 Å². The fourth-order valence-corrected chi connectivity index (χ4v) is 2.04. The Balaban J connectivity index is 3.17. The second kappa shape index (κ2) is 8.27. The van der Waals surface area contributed by atoms with Crippen molar-refractivity contribution in [1.29, 1.82) is 0 Å². The monoisotopic (exact) mass is 304 g/mol. The van der Waals surface area contributed by atoms with E-state index in [0.29, 0.717) is 18.8 Å². The van der Waals surface area contributed by atoms with Crippen LogP contribution < -0.4 is 9.47 Å². The summed E-state index contributed by atoms with van der Waals surface area (Å²) < 4.78 is 16.3. The summed E-state index contributed by atoms with van der Waals surface area (Å²) in [5.74, 6) is 0.941. The van der Waals surface area contributed by atoms with Crippen molar-refractivity contribution in [1.82, 2.24) is 0 Å². The lowest BCUT2D eigenvalue weighted by molar-refractivity contribution is -0.151. The molecule has 1 unspecified atom stereocenters. The van der Waals surface area contributed by atoms with E-state index in [1.165, 1.54) is 0 Å². The molecule has 0 heterocycles. The topological polar surface area (TPSA) is 44.8 Å². The van der Waals surface area contributed by atoms with Gasteiger partial charge in [-0.05, 0) is 44.0 Å². The molecular weight excluding hydrogens is 280 g/mol. The molecule has 0 radical (unpaired) electrons. The lowest BCUT2D eigenvalue weighted by Crippen LogP contribution is -2.29. The van der Waals surface area contributed by atoms with E-state index >= 15 is 0 Å². The molecule has 0 bridgehead atoms. The summed E-state index contributed by atoms with van der Waals surface area (Å²) in [6.07, 6.45) is 1.29. The molecule has 0 spiro atoms. The Morgan fingerprint density at radius 3 is 2.55 bits per heavy atom. The molecule has 0 aliphatic heterocycles. The van der Waals surface area contributed by atoms with Crippen LogP contribution in [0.5, 0.6) is 11.5 Å². The summed E-state index contributed by atoms with van der Waals surface area (Å²) >= 11 is 0. The van der Waals surface area contributed by atoms with Gasteiger partial charge < -0.3 is 14.2 Å². The van der Waals surface area contributed by atoms with Crippen molar-refractivity contribution >= 4 is 11.5 Å². The summed E-state index contributed by atoms with van der Waals surface area (Å²) in [7, 11) is 1.62. The van der Waals surface area contributed by atoms with Gasteiger partial charge in [0.2, 0.25) is 0 Å². The highest BCUT2D eigenvalue weighted by Gasteiger charge is 2.22. The van der Waals surface area contributed by atoms with Gasteiger partial charge in [0, 0.05) is 12.0 Å². The Labute approximate surface area is 132 Å². The number of rotatable bonds is 8. The molecule has 1 rings (SSSR count). The summed E-state index contributed by atoms with van der Waals surface area (Å²) in [5, 5.41) is 0. The minimum Gasteiger partial charge on any atom is -0.496 e. The van der Waals surface area contributed by atoms with E-state index in [2.05, 4.69) is 13.2 Å². The third-order valence-corrected chi connectivity index (χ3v) is 3.16. The first kappa shape index (κ1) is 17.8. The summed E-state index contributed by atoms with van der Waals surface area (Å²) in [6, 6.07) is 3.71. The zero-order valence-electron chi connectivity index (χ0n) is 13.8. The normalized spacial score (nSPS) is 11.5. The smallest absolute Gasteiger partial charge is 0.347 e. The van der Waals surface area contributed by atoms with Crippen LogP contribution in [0.25, 0.3) is 5.57 Å². The van der Waals surface area contributed by atoms with Gasteiger partial charge in [-0.2, -0.15) is 0 Å². The molecule has 1 atom stereocenters. The van der Waals surface area contributed by atoms with Gasteiger partial charge in [-0.25, -0.2) is 4.79 Å². The van der Waals surface area contributed by atoms with Crippen molar-refractivity contribution in [2.24, 2.45) is 0 Å². The molecule has 0 fully saturated rings. The number of benzene rings is 1. The molecule has 1 aromatic carbocycles. The maximum absolute atomic E-state index is 12.0. The average Bonchev–Trinajstić information content (AvgIpc) is 2.46. The van der Waals surface area contributed by atoms with Gasteiger partial charge in [-0.3, -0.25) is 0 Å². The van der Waals surface area contributed by atoms with Gasteiger partial charge >= 0.3 is 5.97 Å². The third-order valence-electron chi connectivity index (χ3n) is 3.16. The predicted octanol–water partition coefficient (Wildman–Crippen LogP) is 3.92. The van der Waals surface area contributed by atoms with Crippen molar-refractivity contribution in [3.8, 4) is 11.5 Å². The molecule has 1 aromatic rings. The molecule has 0 aliphatic carbocycles. The van der Waals surface area contributed by atoms with E-state index in [0.717, 1.165) is 22.4 Å². The summed E-state index contributed by atoms with van der Waals surface area (Å²) in [4.78, 5) is 12.0. The first-order valence-corrected chi connectivity index (χ1v) is 7.23. The Morgan fingerprint density at radius 2 is 2.05 bits per heavy atom. The largest absolute Gasteiger partial charge is 0.496 e. The van der Waals surface area contributed by atoms with Crippen LogP contribution in [-0.2, 0) is 9.53 Å². The molecular formula is C18H24O4. The molecule has 120 valence electrons. The van der Waals surface area contributed by atoms with Crippen LogP contribution in [0.1, 0.15) is 31.4 Å². The zero-order valence-corrected chi connectivity index (χ0v) is 13.8. The number of aryl methyl sites for hydroxylation is 1. The number of hydrogen-bond acceptors (Lipinski definition) is 4. The number of carbonyl (C=O) groups is 1. The Hall–Kier alpha value is -2.23. The van der Waals surface area contributed by atoms with E-state index < -0.39 is 12.1 Å². The van der Waals surface area contributed by atoms with Crippen molar-refractivity contribution in [3.05, 3.63) is 42.5 Å². The van der Waals surface area contributed by atoms with Gasteiger partial charge in [0.25, 0.3) is 0 Å². The van der Waals surface area contributed by atoms with Gasteiger partial charge in [-0.1, -0.05) is 12.7 Å². The van der Waals surface area contributed by atoms with E-state index in [-0.39, 0.29) is 0 Å². The SMILES string of the molecule is C=CCC(Oc1cc(C)c(OC)cc1C(=C)C)C(=O)OCC. The van der Waals surface area contributed by atoms with Crippen molar-refractivity contribution in [3.63, 3.8) is 0 Å². The Kier molecular flexibility index (Phi) is 6.70. The summed E-state index contributed by atoms with van der Waals surface area (Å²) in [6.45, 7) is 13.5. The first-order valence-electron chi connectivity index (χ1n) is 7.23. The van der Waals surface area contributed by atoms with Crippen molar-refractivity contribution in [2.45, 2.75) is 33.3 Å². The van der Waals surface area contributed by atoms with E-state index in [1.54, 1.807) is 20.1 Å². The van der Waals surface area contributed by atoms with Crippen molar-refractivity contribution < 1.29 is 19.0 Å². The van der Waals surface area contributed by atoms with E-state index in [9.17, 15) is 4.79 Å². The molecule has 0 N–H and O–H groups in total. The maximum atomic E-state index is 12.0. The quantitative estimate of drug-likeness (QED) is 0.539.